The summed E-state index contributed by atoms with van der Waals surface area (Å²) in [5, 5.41) is 7.76. The standard InChI is InChI=1S/C28H33N3O3S/c1-4-21(2)24-11-13-25(14-12-24)33-16-17-34-26-15-10-23(18-27(26)32-3)20-30-31-28(35)29-19-22-8-6-5-7-9-22/h5-15,18,20-21H,4,16-17,19H2,1-3H3,(H2,29,31,35)/b30-20+. The number of hydrogen-bond donors (Lipinski definition) is 2. The van der Waals surface area contributed by atoms with E-state index in [1.54, 1.807) is 13.3 Å². The summed E-state index contributed by atoms with van der Waals surface area (Å²) >= 11 is 5.26. The normalized spacial score (nSPS) is 11.6. The molecule has 0 amide bonds. The van der Waals surface area contributed by atoms with Crippen LogP contribution in [0.5, 0.6) is 17.2 Å². The van der Waals surface area contributed by atoms with E-state index in [2.05, 4.69) is 41.8 Å². The maximum atomic E-state index is 5.86. The molecule has 7 heteroatoms. The average molecular weight is 492 g/mol. The van der Waals surface area contributed by atoms with Crippen molar-refractivity contribution in [1.29, 1.82) is 0 Å². The van der Waals surface area contributed by atoms with E-state index in [1.165, 1.54) is 5.56 Å². The molecule has 2 N–H and O–H groups in total. The first-order chi connectivity index (χ1) is 17.1. The van der Waals surface area contributed by atoms with E-state index in [9.17, 15) is 0 Å². The lowest BCUT2D eigenvalue weighted by atomic mass is 9.99. The van der Waals surface area contributed by atoms with Gasteiger partial charge in [-0.1, -0.05) is 56.3 Å². The number of thiocarbonyl (C=S) groups is 1. The molecule has 0 fully saturated rings. The summed E-state index contributed by atoms with van der Waals surface area (Å²) in [6, 6.07) is 23.9. The van der Waals surface area contributed by atoms with Crippen molar-refractivity contribution in [3.63, 3.8) is 0 Å². The topological polar surface area (TPSA) is 64.1 Å². The fourth-order valence-electron chi connectivity index (χ4n) is 3.31. The molecule has 0 spiro atoms. The summed E-state index contributed by atoms with van der Waals surface area (Å²) in [5.41, 5.74) is 6.15. The molecule has 0 aromatic heterocycles. The number of hydrazone groups is 1. The lowest BCUT2D eigenvalue weighted by Gasteiger charge is -2.13. The number of nitrogens with zero attached hydrogens (tertiary/aromatic N) is 1. The van der Waals surface area contributed by atoms with Crippen molar-refractivity contribution in [2.24, 2.45) is 5.10 Å². The highest BCUT2D eigenvalue weighted by Crippen LogP contribution is 2.27. The summed E-state index contributed by atoms with van der Waals surface area (Å²) in [6.07, 6.45) is 2.80. The van der Waals surface area contributed by atoms with Crippen molar-refractivity contribution in [1.82, 2.24) is 10.7 Å². The van der Waals surface area contributed by atoms with Gasteiger partial charge in [0, 0.05) is 6.54 Å². The van der Waals surface area contributed by atoms with Crippen molar-refractivity contribution < 1.29 is 14.2 Å². The van der Waals surface area contributed by atoms with Gasteiger partial charge in [-0.15, -0.1) is 0 Å². The van der Waals surface area contributed by atoms with Gasteiger partial charge in [-0.05, 0) is 71.6 Å². The minimum absolute atomic E-state index is 0.403. The highest BCUT2D eigenvalue weighted by molar-refractivity contribution is 7.80. The van der Waals surface area contributed by atoms with Crippen LogP contribution >= 0.6 is 12.2 Å². The molecule has 35 heavy (non-hydrogen) atoms. The van der Waals surface area contributed by atoms with Crippen molar-refractivity contribution in [3.05, 3.63) is 89.5 Å². The van der Waals surface area contributed by atoms with Crippen LogP contribution in [0, 0.1) is 0 Å². The summed E-state index contributed by atoms with van der Waals surface area (Å²) < 4.78 is 17.1. The van der Waals surface area contributed by atoms with Gasteiger partial charge in [-0.25, -0.2) is 0 Å². The Hall–Kier alpha value is -3.58. The molecule has 3 rings (SSSR count). The van der Waals surface area contributed by atoms with Crippen LogP contribution in [0.25, 0.3) is 0 Å². The zero-order valence-electron chi connectivity index (χ0n) is 20.5. The van der Waals surface area contributed by atoms with Crippen LogP contribution in [-0.4, -0.2) is 31.7 Å². The minimum atomic E-state index is 0.403. The Balaban J connectivity index is 1.43. The Morgan fingerprint density at radius 1 is 0.971 bits per heavy atom. The Kier molecular flexibility index (Phi) is 10.4. The van der Waals surface area contributed by atoms with E-state index in [1.807, 2.05) is 60.7 Å². The molecule has 0 saturated carbocycles. The fraction of sp³-hybridized carbons (Fsp3) is 0.286. The summed E-state index contributed by atoms with van der Waals surface area (Å²) in [5.74, 6) is 2.66. The van der Waals surface area contributed by atoms with Crippen LogP contribution in [-0.2, 0) is 6.54 Å². The molecule has 6 nitrogen and oxygen atoms in total. The van der Waals surface area contributed by atoms with Crippen molar-refractivity contribution in [3.8, 4) is 17.2 Å². The first-order valence-electron chi connectivity index (χ1n) is 11.7. The van der Waals surface area contributed by atoms with Gasteiger partial charge in [-0.3, -0.25) is 5.43 Å². The molecule has 0 aliphatic rings. The number of methoxy groups -OCH3 is 1. The first-order valence-corrected chi connectivity index (χ1v) is 12.1. The monoisotopic (exact) mass is 491 g/mol. The van der Waals surface area contributed by atoms with Gasteiger partial charge in [-0.2, -0.15) is 5.10 Å². The molecule has 1 unspecified atom stereocenters. The quantitative estimate of drug-likeness (QED) is 0.147. The Labute approximate surface area is 213 Å². The first kappa shape index (κ1) is 26.0. The van der Waals surface area contributed by atoms with E-state index in [0.717, 1.165) is 23.3 Å². The number of nitrogens with one attached hydrogen (secondary N) is 2. The number of hydrogen-bond acceptors (Lipinski definition) is 5. The Bertz CT molecular complexity index is 1090. The van der Waals surface area contributed by atoms with E-state index in [0.29, 0.717) is 42.3 Å². The highest BCUT2D eigenvalue weighted by atomic mass is 32.1. The number of rotatable bonds is 12. The Morgan fingerprint density at radius 2 is 1.71 bits per heavy atom. The second-order valence-corrected chi connectivity index (χ2v) is 8.43. The summed E-state index contributed by atoms with van der Waals surface area (Å²) in [6.45, 7) is 5.89. The fourth-order valence-corrected chi connectivity index (χ4v) is 3.43. The molecule has 0 heterocycles. The van der Waals surface area contributed by atoms with Crippen LogP contribution < -0.4 is 25.0 Å². The number of benzene rings is 3. The zero-order chi connectivity index (χ0) is 24.9. The zero-order valence-corrected chi connectivity index (χ0v) is 21.3. The molecular weight excluding hydrogens is 458 g/mol. The smallest absolute Gasteiger partial charge is 0.187 e. The molecule has 0 saturated heterocycles. The van der Waals surface area contributed by atoms with Crippen molar-refractivity contribution >= 4 is 23.5 Å². The third kappa shape index (κ3) is 8.61. The molecule has 1 atom stereocenters. The van der Waals surface area contributed by atoms with Crippen molar-refractivity contribution in [2.45, 2.75) is 32.7 Å². The average Bonchev–Trinajstić information content (AvgIpc) is 2.90. The predicted molar refractivity (Wildman–Crippen MR) is 146 cm³/mol. The van der Waals surface area contributed by atoms with E-state index >= 15 is 0 Å². The SMILES string of the molecule is CCC(C)c1ccc(OCCOc2ccc(/C=N/NC(=S)NCc3ccccc3)cc2OC)cc1. The van der Waals surface area contributed by atoms with E-state index < -0.39 is 0 Å². The third-order valence-corrected chi connectivity index (χ3v) is 5.77. The van der Waals surface area contributed by atoms with E-state index in [-0.39, 0.29) is 0 Å². The Morgan fingerprint density at radius 3 is 2.43 bits per heavy atom. The summed E-state index contributed by atoms with van der Waals surface area (Å²) in [4.78, 5) is 0. The lowest BCUT2D eigenvalue weighted by Crippen LogP contribution is -2.31. The molecule has 3 aromatic carbocycles. The maximum absolute atomic E-state index is 5.86. The second-order valence-electron chi connectivity index (χ2n) is 8.02. The van der Waals surface area contributed by atoms with Gasteiger partial charge in [0.15, 0.2) is 16.6 Å². The largest absolute Gasteiger partial charge is 0.493 e. The van der Waals surface area contributed by atoms with Crippen LogP contribution in [0.15, 0.2) is 77.9 Å². The maximum Gasteiger partial charge on any atom is 0.187 e. The third-order valence-electron chi connectivity index (χ3n) is 5.53. The molecule has 0 aliphatic carbocycles. The van der Waals surface area contributed by atoms with Gasteiger partial charge >= 0.3 is 0 Å². The molecular formula is C28H33N3O3S. The summed E-state index contributed by atoms with van der Waals surface area (Å²) in [7, 11) is 1.61. The second kappa shape index (κ2) is 14.0. The van der Waals surface area contributed by atoms with Gasteiger partial charge in [0.05, 0.1) is 13.3 Å². The van der Waals surface area contributed by atoms with Gasteiger partial charge < -0.3 is 19.5 Å². The molecule has 0 aliphatic heterocycles. The highest BCUT2D eigenvalue weighted by Gasteiger charge is 2.06. The number of ether oxygens (including phenoxy) is 3. The van der Waals surface area contributed by atoms with Crippen LogP contribution in [0.1, 0.15) is 42.9 Å². The van der Waals surface area contributed by atoms with Gasteiger partial charge in [0.25, 0.3) is 0 Å². The van der Waals surface area contributed by atoms with Crippen LogP contribution in [0.3, 0.4) is 0 Å². The van der Waals surface area contributed by atoms with Gasteiger partial charge in [0.1, 0.15) is 19.0 Å². The van der Waals surface area contributed by atoms with Crippen LogP contribution in [0.4, 0.5) is 0 Å². The van der Waals surface area contributed by atoms with Gasteiger partial charge in [0.2, 0.25) is 0 Å². The van der Waals surface area contributed by atoms with Crippen molar-refractivity contribution in [2.75, 3.05) is 20.3 Å². The molecule has 0 bridgehead atoms. The molecule has 3 aromatic rings. The lowest BCUT2D eigenvalue weighted by molar-refractivity contribution is 0.211. The predicted octanol–water partition coefficient (Wildman–Crippen LogP) is 5.66. The molecule has 0 radical (unpaired) electrons. The minimum Gasteiger partial charge on any atom is -0.493 e. The van der Waals surface area contributed by atoms with E-state index in [4.69, 9.17) is 26.4 Å². The van der Waals surface area contributed by atoms with Crippen LogP contribution in [0.2, 0.25) is 0 Å². The molecule has 184 valence electrons.